The molecule has 0 amide bonds. The summed E-state index contributed by atoms with van der Waals surface area (Å²) in [6, 6.07) is 11.4. The number of nitrogens with zero attached hydrogens (tertiary/aromatic N) is 2. The number of hydrazine groups is 1. The van der Waals surface area contributed by atoms with Crippen LogP contribution in [0.25, 0.3) is 11.0 Å². The third-order valence-corrected chi connectivity index (χ3v) is 4.01. The average molecular weight is 306 g/mol. The molecule has 0 atom stereocenters. The molecule has 0 fully saturated rings. The van der Waals surface area contributed by atoms with Gasteiger partial charge in [0.25, 0.3) is 0 Å². The lowest BCUT2D eigenvalue weighted by molar-refractivity contribution is 1.07. The van der Waals surface area contributed by atoms with Gasteiger partial charge in [-0.2, -0.15) is 0 Å². The van der Waals surface area contributed by atoms with Crippen LogP contribution < -0.4 is 11.3 Å². The Morgan fingerprint density at radius 3 is 2.85 bits per heavy atom. The Balaban J connectivity index is 1.79. The van der Waals surface area contributed by atoms with E-state index in [2.05, 4.69) is 20.4 Å². The van der Waals surface area contributed by atoms with Gasteiger partial charge >= 0.3 is 0 Å². The molecular formula is C13H12ClN5S. The molecule has 102 valence electrons. The molecule has 0 unspecified atom stereocenters. The second-order valence-corrected chi connectivity index (χ2v) is 5.49. The molecule has 0 aliphatic heterocycles. The van der Waals surface area contributed by atoms with Gasteiger partial charge in [-0.25, -0.2) is 15.8 Å². The van der Waals surface area contributed by atoms with E-state index in [0.29, 0.717) is 16.6 Å². The number of benzene rings is 1. The van der Waals surface area contributed by atoms with Crippen molar-refractivity contribution in [1.29, 1.82) is 0 Å². The van der Waals surface area contributed by atoms with Crippen LogP contribution in [0.4, 0.5) is 5.82 Å². The summed E-state index contributed by atoms with van der Waals surface area (Å²) < 4.78 is 0. The molecule has 2 aromatic heterocycles. The molecule has 5 nitrogen and oxygen atoms in total. The quantitative estimate of drug-likeness (QED) is 0.392. The van der Waals surface area contributed by atoms with Crippen LogP contribution in [-0.4, -0.2) is 15.0 Å². The number of rotatable bonds is 4. The maximum atomic E-state index is 6.12. The standard InChI is InChI=1S/C13H12ClN5S/c14-8-5-6-12(19-15)16-11(8)7-20-13-17-9-3-1-2-4-10(9)18-13/h1-6H,7,15H2,(H,16,19)(H,17,18). The highest BCUT2D eigenvalue weighted by Crippen LogP contribution is 2.26. The number of nitrogen functional groups attached to an aromatic ring is 1. The van der Waals surface area contributed by atoms with Crippen molar-refractivity contribution < 1.29 is 0 Å². The molecule has 20 heavy (non-hydrogen) atoms. The average Bonchev–Trinajstić information content (AvgIpc) is 2.89. The van der Waals surface area contributed by atoms with Gasteiger partial charge in [-0.1, -0.05) is 35.5 Å². The summed E-state index contributed by atoms with van der Waals surface area (Å²) in [7, 11) is 0. The van der Waals surface area contributed by atoms with E-state index < -0.39 is 0 Å². The minimum atomic E-state index is 0.592. The Kier molecular flexibility index (Phi) is 3.77. The number of thioether (sulfide) groups is 1. The van der Waals surface area contributed by atoms with Gasteiger partial charge in [0.1, 0.15) is 5.82 Å². The molecule has 2 heterocycles. The number of nitrogens with one attached hydrogen (secondary N) is 2. The normalized spacial score (nSPS) is 10.9. The summed E-state index contributed by atoms with van der Waals surface area (Å²) in [6.07, 6.45) is 0. The summed E-state index contributed by atoms with van der Waals surface area (Å²) >= 11 is 7.67. The van der Waals surface area contributed by atoms with Gasteiger partial charge in [-0.15, -0.1) is 0 Å². The van der Waals surface area contributed by atoms with Crippen LogP contribution in [-0.2, 0) is 5.75 Å². The van der Waals surface area contributed by atoms with Gasteiger partial charge in [0.05, 0.1) is 21.7 Å². The van der Waals surface area contributed by atoms with E-state index in [1.165, 1.54) is 0 Å². The van der Waals surface area contributed by atoms with E-state index in [4.69, 9.17) is 17.4 Å². The second-order valence-electron chi connectivity index (χ2n) is 4.12. The Morgan fingerprint density at radius 2 is 2.05 bits per heavy atom. The maximum Gasteiger partial charge on any atom is 0.166 e. The first kappa shape index (κ1) is 13.2. The van der Waals surface area contributed by atoms with Crippen LogP contribution >= 0.6 is 23.4 Å². The zero-order valence-electron chi connectivity index (χ0n) is 10.4. The third-order valence-electron chi connectivity index (χ3n) is 2.78. The molecule has 0 aliphatic rings. The number of aromatic nitrogens is 3. The summed E-state index contributed by atoms with van der Waals surface area (Å²) in [5.41, 5.74) is 5.25. The lowest BCUT2D eigenvalue weighted by Crippen LogP contribution is -2.09. The number of aromatic amines is 1. The fraction of sp³-hybridized carbons (Fsp3) is 0.0769. The Hall–Kier alpha value is -1.76. The number of hydrogen-bond acceptors (Lipinski definition) is 5. The molecule has 0 saturated heterocycles. The molecule has 3 aromatic rings. The number of hydrogen-bond donors (Lipinski definition) is 3. The highest BCUT2D eigenvalue weighted by Gasteiger charge is 2.07. The van der Waals surface area contributed by atoms with Crippen LogP contribution in [0.5, 0.6) is 0 Å². The van der Waals surface area contributed by atoms with Crippen molar-refractivity contribution in [3.8, 4) is 0 Å². The zero-order valence-corrected chi connectivity index (χ0v) is 12.0. The fourth-order valence-corrected chi connectivity index (χ4v) is 2.89. The molecule has 0 aliphatic carbocycles. The van der Waals surface area contributed by atoms with Crippen molar-refractivity contribution in [3.63, 3.8) is 0 Å². The number of anilines is 1. The number of imidazole rings is 1. The van der Waals surface area contributed by atoms with Crippen molar-refractivity contribution in [3.05, 3.63) is 47.1 Å². The van der Waals surface area contributed by atoms with Crippen LogP contribution in [0.15, 0.2) is 41.6 Å². The van der Waals surface area contributed by atoms with E-state index >= 15 is 0 Å². The van der Waals surface area contributed by atoms with Gasteiger partial charge in [0, 0.05) is 5.75 Å². The summed E-state index contributed by atoms with van der Waals surface area (Å²) in [5, 5.41) is 1.46. The molecule has 0 radical (unpaired) electrons. The van der Waals surface area contributed by atoms with Gasteiger partial charge < -0.3 is 10.4 Å². The van der Waals surface area contributed by atoms with E-state index in [1.54, 1.807) is 23.9 Å². The number of pyridine rings is 1. The van der Waals surface area contributed by atoms with Crippen LogP contribution in [0.3, 0.4) is 0 Å². The number of fused-ring (bicyclic) bond motifs is 1. The summed E-state index contributed by atoms with van der Waals surface area (Å²) in [5.74, 6) is 6.56. The highest BCUT2D eigenvalue weighted by atomic mass is 35.5. The van der Waals surface area contributed by atoms with Crippen LogP contribution in [0.1, 0.15) is 5.69 Å². The van der Waals surface area contributed by atoms with Gasteiger partial charge in [0.15, 0.2) is 5.16 Å². The van der Waals surface area contributed by atoms with E-state index in [9.17, 15) is 0 Å². The highest BCUT2D eigenvalue weighted by molar-refractivity contribution is 7.98. The Labute approximate surface area is 124 Å². The van der Waals surface area contributed by atoms with Gasteiger partial charge in [0.2, 0.25) is 0 Å². The molecular weight excluding hydrogens is 294 g/mol. The van der Waals surface area contributed by atoms with Gasteiger partial charge in [-0.05, 0) is 24.3 Å². The first-order valence-electron chi connectivity index (χ1n) is 5.96. The molecule has 0 spiro atoms. The Morgan fingerprint density at radius 1 is 1.20 bits per heavy atom. The molecule has 3 rings (SSSR count). The topological polar surface area (TPSA) is 79.6 Å². The molecule has 0 bridgehead atoms. The van der Waals surface area contributed by atoms with E-state index in [0.717, 1.165) is 21.9 Å². The SMILES string of the molecule is NNc1ccc(Cl)c(CSc2nc3ccccc3[nH]2)n1. The predicted molar refractivity (Wildman–Crippen MR) is 82.7 cm³/mol. The van der Waals surface area contributed by atoms with Gasteiger partial charge in [-0.3, -0.25) is 0 Å². The number of H-pyrrole nitrogens is 1. The first-order valence-corrected chi connectivity index (χ1v) is 7.32. The van der Waals surface area contributed by atoms with Crippen molar-refractivity contribution >= 4 is 40.2 Å². The predicted octanol–water partition coefficient (Wildman–Crippen LogP) is 3.19. The van der Waals surface area contributed by atoms with Crippen molar-refractivity contribution in [2.24, 2.45) is 5.84 Å². The van der Waals surface area contributed by atoms with E-state index in [-0.39, 0.29) is 0 Å². The first-order chi connectivity index (χ1) is 9.76. The molecule has 1 aromatic carbocycles. The summed E-state index contributed by atoms with van der Waals surface area (Å²) in [4.78, 5) is 12.1. The minimum Gasteiger partial charge on any atom is -0.333 e. The van der Waals surface area contributed by atoms with Crippen LogP contribution in [0.2, 0.25) is 5.02 Å². The lowest BCUT2D eigenvalue weighted by atomic mass is 10.3. The fourth-order valence-electron chi connectivity index (χ4n) is 1.80. The number of halogens is 1. The second kappa shape index (κ2) is 5.70. The van der Waals surface area contributed by atoms with Crippen molar-refractivity contribution in [2.75, 3.05) is 5.43 Å². The number of para-hydroxylation sites is 2. The monoisotopic (exact) mass is 305 g/mol. The molecule has 0 saturated carbocycles. The summed E-state index contributed by atoms with van der Waals surface area (Å²) in [6.45, 7) is 0. The third kappa shape index (κ3) is 2.72. The van der Waals surface area contributed by atoms with Crippen LogP contribution in [0, 0.1) is 0 Å². The molecule has 7 heteroatoms. The molecule has 4 N–H and O–H groups in total. The van der Waals surface area contributed by atoms with Crippen molar-refractivity contribution in [2.45, 2.75) is 10.9 Å². The maximum absolute atomic E-state index is 6.12. The Bertz CT molecular complexity index is 709. The number of nitrogens with two attached hydrogens (primary N) is 1. The zero-order chi connectivity index (χ0) is 13.9. The van der Waals surface area contributed by atoms with Crippen molar-refractivity contribution in [1.82, 2.24) is 15.0 Å². The van der Waals surface area contributed by atoms with E-state index in [1.807, 2.05) is 24.3 Å². The lowest BCUT2D eigenvalue weighted by Gasteiger charge is -2.04. The largest absolute Gasteiger partial charge is 0.333 e. The minimum absolute atomic E-state index is 0.592. The smallest absolute Gasteiger partial charge is 0.166 e.